The van der Waals surface area contributed by atoms with Gasteiger partial charge in [0, 0.05) is 7.11 Å². The third-order valence-corrected chi connectivity index (χ3v) is 1.46. The summed E-state index contributed by atoms with van der Waals surface area (Å²) < 4.78 is 18.6. The number of rotatable bonds is 3. The predicted octanol–water partition coefficient (Wildman–Crippen LogP) is 0.383. The summed E-state index contributed by atoms with van der Waals surface area (Å²) in [5, 5.41) is 0. The number of hydrogen-bond acceptors (Lipinski definition) is 3. The van der Waals surface area contributed by atoms with Crippen LogP contribution in [0.25, 0.3) is 0 Å². The molecule has 1 atom stereocenters. The van der Waals surface area contributed by atoms with Crippen molar-refractivity contribution in [3.05, 3.63) is 0 Å². The smallest absolute Gasteiger partial charge is 0.302 e. The van der Waals surface area contributed by atoms with E-state index < -0.39 is 7.82 Å². The highest BCUT2D eigenvalue weighted by molar-refractivity contribution is 7.47. The maximum Gasteiger partial charge on any atom is 0.472 e. The van der Waals surface area contributed by atoms with Gasteiger partial charge in [-0.1, -0.05) is 5.92 Å². The van der Waals surface area contributed by atoms with E-state index in [-0.39, 0.29) is 6.61 Å². The first-order valence-electron chi connectivity index (χ1n) is 2.09. The highest BCUT2D eigenvalue weighted by Crippen LogP contribution is 2.41. The number of phosphoric ester groups is 1. The Morgan fingerprint density at radius 2 is 2.44 bits per heavy atom. The molecule has 52 valence electrons. The van der Waals surface area contributed by atoms with Crippen LogP contribution in [-0.4, -0.2) is 18.6 Å². The molecule has 0 aromatic carbocycles. The summed E-state index contributed by atoms with van der Waals surface area (Å²) >= 11 is 0. The number of hydrogen-bond donors (Lipinski definition) is 1. The summed E-state index contributed by atoms with van der Waals surface area (Å²) in [6.45, 7) is -0.221. The molecule has 0 aromatic heterocycles. The zero-order chi connectivity index (χ0) is 7.33. The Bertz CT molecular complexity index is 158. The molecule has 0 aliphatic carbocycles. The first kappa shape index (κ1) is 8.67. The van der Waals surface area contributed by atoms with Gasteiger partial charge in [-0.2, -0.15) is 0 Å². The fraction of sp³-hybridized carbons (Fsp3) is 0.500. The minimum atomic E-state index is -3.83. The van der Waals surface area contributed by atoms with Crippen LogP contribution < -0.4 is 0 Å². The molecule has 9 heavy (non-hydrogen) atoms. The van der Waals surface area contributed by atoms with Crippen molar-refractivity contribution in [2.45, 2.75) is 0 Å². The molecule has 0 saturated heterocycles. The van der Waals surface area contributed by atoms with Crippen LogP contribution in [0.4, 0.5) is 0 Å². The second kappa shape index (κ2) is 3.65. The summed E-state index contributed by atoms with van der Waals surface area (Å²) in [4.78, 5) is 8.47. The normalized spacial score (nSPS) is 16.1. The maximum atomic E-state index is 10.4. The Balaban J connectivity index is 3.63. The van der Waals surface area contributed by atoms with E-state index in [0.717, 1.165) is 7.11 Å². The van der Waals surface area contributed by atoms with Gasteiger partial charge in [0.1, 0.15) is 6.61 Å². The van der Waals surface area contributed by atoms with Crippen molar-refractivity contribution >= 4 is 7.82 Å². The fourth-order valence-corrected chi connectivity index (χ4v) is 0.515. The summed E-state index contributed by atoms with van der Waals surface area (Å²) in [6, 6.07) is 0. The van der Waals surface area contributed by atoms with Crippen molar-refractivity contribution in [3.8, 4) is 12.3 Å². The van der Waals surface area contributed by atoms with Gasteiger partial charge >= 0.3 is 7.82 Å². The minimum Gasteiger partial charge on any atom is -0.302 e. The first-order chi connectivity index (χ1) is 4.12. The van der Waals surface area contributed by atoms with E-state index in [2.05, 4.69) is 9.05 Å². The predicted molar refractivity (Wildman–Crippen MR) is 31.6 cm³/mol. The van der Waals surface area contributed by atoms with Gasteiger partial charge in [0.25, 0.3) is 0 Å². The van der Waals surface area contributed by atoms with Crippen LogP contribution in [0.3, 0.4) is 0 Å². The molecular formula is C4H7O4P. The zero-order valence-electron chi connectivity index (χ0n) is 4.90. The molecule has 0 spiro atoms. The summed E-state index contributed by atoms with van der Waals surface area (Å²) in [6.07, 6.45) is 4.73. The van der Waals surface area contributed by atoms with Crippen molar-refractivity contribution in [1.29, 1.82) is 0 Å². The Morgan fingerprint density at radius 3 is 2.78 bits per heavy atom. The second-order valence-corrected chi connectivity index (χ2v) is 2.69. The summed E-state index contributed by atoms with van der Waals surface area (Å²) in [5.41, 5.74) is 0. The Morgan fingerprint density at radius 1 is 1.89 bits per heavy atom. The summed E-state index contributed by atoms with van der Waals surface area (Å²) in [7, 11) is -2.77. The molecule has 0 rings (SSSR count). The third kappa shape index (κ3) is 4.19. The Labute approximate surface area is 53.4 Å². The molecule has 0 amide bonds. The van der Waals surface area contributed by atoms with Crippen LogP contribution in [0, 0.1) is 12.3 Å². The summed E-state index contributed by atoms with van der Waals surface area (Å²) in [5.74, 6) is 2.02. The molecule has 0 aliphatic rings. The molecule has 0 bridgehead atoms. The van der Waals surface area contributed by atoms with Gasteiger partial charge in [-0.05, 0) is 0 Å². The van der Waals surface area contributed by atoms with Crippen LogP contribution in [0.1, 0.15) is 0 Å². The standard InChI is InChI=1S/C4H7O4P/c1-3-4-8-9(5,6)7-2/h1H,4H2,2H3,(H,5,6). The van der Waals surface area contributed by atoms with Crippen LogP contribution in [-0.2, 0) is 13.6 Å². The van der Waals surface area contributed by atoms with Gasteiger partial charge < -0.3 is 4.89 Å². The van der Waals surface area contributed by atoms with Gasteiger partial charge in [0.15, 0.2) is 0 Å². The van der Waals surface area contributed by atoms with Crippen LogP contribution in [0.15, 0.2) is 0 Å². The molecule has 0 radical (unpaired) electrons. The molecule has 5 heteroatoms. The van der Waals surface area contributed by atoms with Crippen molar-refractivity contribution < 1.29 is 18.5 Å². The molecule has 4 nitrogen and oxygen atoms in total. The van der Waals surface area contributed by atoms with Gasteiger partial charge in [0.2, 0.25) is 0 Å². The van der Waals surface area contributed by atoms with E-state index in [1.54, 1.807) is 0 Å². The minimum absolute atomic E-state index is 0.221. The largest absolute Gasteiger partial charge is 0.472 e. The maximum absolute atomic E-state index is 10.4. The van der Waals surface area contributed by atoms with Gasteiger partial charge in [0.05, 0.1) is 0 Å². The number of phosphoric acid groups is 1. The average Bonchev–Trinajstić information content (AvgIpc) is 1.84. The lowest BCUT2D eigenvalue weighted by atomic mass is 10.8. The molecule has 0 saturated carbocycles. The highest BCUT2D eigenvalue weighted by atomic mass is 31.2. The van der Waals surface area contributed by atoms with Gasteiger partial charge in [-0.25, -0.2) is 4.57 Å². The topological polar surface area (TPSA) is 55.8 Å². The molecule has 0 aromatic rings. The quantitative estimate of drug-likeness (QED) is 0.466. The van der Waals surface area contributed by atoms with Crippen LogP contribution in [0.2, 0.25) is 0 Å². The Hall–Kier alpha value is -0.330. The number of terminal acetylenes is 1. The zero-order valence-corrected chi connectivity index (χ0v) is 5.80. The van der Waals surface area contributed by atoms with E-state index in [0.29, 0.717) is 0 Å². The fourth-order valence-electron chi connectivity index (χ4n) is 0.172. The van der Waals surface area contributed by atoms with Crippen molar-refractivity contribution in [1.82, 2.24) is 0 Å². The van der Waals surface area contributed by atoms with E-state index >= 15 is 0 Å². The third-order valence-electron chi connectivity index (χ3n) is 0.542. The van der Waals surface area contributed by atoms with E-state index in [1.807, 2.05) is 5.92 Å². The lowest BCUT2D eigenvalue weighted by molar-refractivity contribution is 0.190. The highest BCUT2D eigenvalue weighted by Gasteiger charge is 2.16. The molecular weight excluding hydrogens is 143 g/mol. The van der Waals surface area contributed by atoms with E-state index in [4.69, 9.17) is 11.3 Å². The van der Waals surface area contributed by atoms with Gasteiger partial charge in [-0.15, -0.1) is 6.42 Å². The molecule has 0 aliphatic heterocycles. The van der Waals surface area contributed by atoms with Crippen molar-refractivity contribution in [3.63, 3.8) is 0 Å². The van der Waals surface area contributed by atoms with E-state index in [1.165, 1.54) is 0 Å². The van der Waals surface area contributed by atoms with Crippen LogP contribution >= 0.6 is 7.82 Å². The SMILES string of the molecule is C#CCOP(=O)(O)OC. The molecule has 1 N–H and O–H groups in total. The molecule has 0 heterocycles. The average molecular weight is 150 g/mol. The first-order valence-corrected chi connectivity index (χ1v) is 3.58. The Kier molecular flexibility index (Phi) is 3.52. The van der Waals surface area contributed by atoms with Gasteiger partial charge in [-0.3, -0.25) is 9.05 Å². The van der Waals surface area contributed by atoms with Crippen molar-refractivity contribution in [2.75, 3.05) is 13.7 Å². The van der Waals surface area contributed by atoms with Crippen LogP contribution in [0.5, 0.6) is 0 Å². The lowest BCUT2D eigenvalue weighted by Crippen LogP contribution is -1.90. The monoisotopic (exact) mass is 150 g/mol. The lowest BCUT2D eigenvalue weighted by Gasteiger charge is -2.04. The second-order valence-electron chi connectivity index (χ2n) is 1.13. The van der Waals surface area contributed by atoms with E-state index in [9.17, 15) is 4.57 Å². The molecule has 1 unspecified atom stereocenters. The van der Waals surface area contributed by atoms with Crippen molar-refractivity contribution in [2.24, 2.45) is 0 Å². The molecule has 0 fully saturated rings.